The van der Waals surface area contributed by atoms with Crippen LogP contribution in [0.4, 0.5) is 5.69 Å². The molecule has 8 nitrogen and oxygen atoms in total. The van der Waals surface area contributed by atoms with Crippen LogP contribution >= 0.6 is 11.8 Å². The predicted molar refractivity (Wildman–Crippen MR) is 108 cm³/mol. The van der Waals surface area contributed by atoms with E-state index in [1.807, 2.05) is 32.0 Å². The molecule has 0 bridgehead atoms. The monoisotopic (exact) mass is 415 g/mol. The third-order valence-electron chi connectivity index (χ3n) is 3.97. The number of nitro groups is 1. The molecular formula is C20H21N3O5S. The topological polar surface area (TPSA) is 101 Å². The molecule has 0 saturated heterocycles. The van der Waals surface area contributed by atoms with Crippen molar-refractivity contribution in [2.24, 2.45) is 0 Å². The first-order valence-electron chi connectivity index (χ1n) is 9.04. The van der Waals surface area contributed by atoms with Gasteiger partial charge in [-0.15, -0.1) is 10.2 Å². The van der Waals surface area contributed by atoms with Gasteiger partial charge in [0.15, 0.2) is 6.61 Å². The molecule has 0 saturated carbocycles. The van der Waals surface area contributed by atoms with Crippen molar-refractivity contribution in [3.63, 3.8) is 0 Å². The number of thioether (sulfide) groups is 1. The molecule has 3 rings (SSSR count). The Bertz CT molecular complexity index is 959. The Hall–Kier alpha value is -3.07. The van der Waals surface area contributed by atoms with Gasteiger partial charge < -0.3 is 13.9 Å². The van der Waals surface area contributed by atoms with Gasteiger partial charge >= 0.3 is 0 Å². The fourth-order valence-corrected chi connectivity index (χ4v) is 3.12. The van der Waals surface area contributed by atoms with Gasteiger partial charge in [-0.3, -0.25) is 10.1 Å². The zero-order valence-electron chi connectivity index (χ0n) is 16.2. The molecule has 0 spiro atoms. The van der Waals surface area contributed by atoms with E-state index in [-0.39, 0.29) is 12.3 Å². The number of hydrogen-bond acceptors (Lipinski definition) is 8. The van der Waals surface area contributed by atoms with Crippen molar-refractivity contribution >= 4 is 17.4 Å². The summed E-state index contributed by atoms with van der Waals surface area (Å²) >= 11 is 1.44. The Kier molecular flexibility index (Phi) is 7.07. The molecule has 3 aromatic rings. The highest BCUT2D eigenvalue weighted by Crippen LogP contribution is 2.22. The van der Waals surface area contributed by atoms with Crippen molar-refractivity contribution in [3.05, 3.63) is 69.6 Å². The molecule has 0 radical (unpaired) electrons. The van der Waals surface area contributed by atoms with Crippen LogP contribution in [0.1, 0.15) is 23.4 Å². The second kappa shape index (κ2) is 9.92. The summed E-state index contributed by atoms with van der Waals surface area (Å²) in [5.74, 6) is 2.58. The van der Waals surface area contributed by atoms with Crippen LogP contribution in [0.2, 0.25) is 0 Å². The van der Waals surface area contributed by atoms with Crippen LogP contribution in [0.5, 0.6) is 11.5 Å². The Morgan fingerprint density at radius 1 is 1.10 bits per heavy atom. The summed E-state index contributed by atoms with van der Waals surface area (Å²) in [6, 6.07) is 12.0. The summed E-state index contributed by atoms with van der Waals surface area (Å²) in [6.07, 6.45) is 0.762. The van der Waals surface area contributed by atoms with E-state index in [1.54, 1.807) is 12.1 Å². The summed E-state index contributed by atoms with van der Waals surface area (Å²) < 4.78 is 16.9. The zero-order chi connectivity index (χ0) is 20.6. The standard InChI is InChI=1S/C20H21N3O5S/c1-14-4-5-15(2)18(12-14)27-13-19-21-22-20(28-19)29-11-3-10-26-17-8-6-16(7-9-17)23(24)25/h4-9,12H,3,10-11,13H2,1-2H3. The third-order valence-corrected chi connectivity index (χ3v) is 4.88. The molecule has 0 amide bonds. The molecule has 152 valence electrons. The first-order valence-corrected chi connectivity index (χ1v) is 10.0. The number of aromatic nitrogens is 2. The van der Waals surface area contributed by atoms with Gasteiger partial charge in [-0.2, -0.15) is 0 Å². The largest absolute Gasteiger partial charge is 0.494 e. The number of rotatable bonds is 10. The SMILES string of the molecule is Cc1ccc(C)c(OCc2nnc(SCCCOc3ccc([N+](=O)[O-])cc3)o2)c1. The van der Waals surface area contributed by atoms with Crippen molar-refractivity contribution in [2.45, 2.75) is 32.1 Å². The molecule has 0 aliphatic carbocycles. The Morgan fingerprint density at radius 2 is 1.90 bits per heavy atom. The zero-order valence-corrected chi connectivity index (χ0v) is 17.0. The fraction of sp³-hybridized carbons (Fsp3) is 0.300. The molecule has 0 fully saturated rings. The van der Waals surface area contributed by atoms with Gasteiger partial charge in [0.05, 0.1) is 11.5 Å². The van der Waals surface area contributed by atoms with Gasteiger partial charge in [0, 0.05) is 17.9 Å². The molecule has 0 unspecified atom stereocenters. The Balaban J connectivity index is 1.37. The lowest BCUT2D eigenvalue weighted by molar-refractivity contribution is -0.384. The molecule has 2 aromatic carbocycles. The average molecular weight is 415 g/mol. The van der Waals surface area contributed by atoms with Gasteiger partial charge in [0.2, 0.25) is 0 Å². The van der Waals surface area contributed by atoms with Crippen LogP contribution in [-0.2, 0) is 6.61 Å². The van der Waals surface area contributed by atoms with E-state index in [0.29, 0.717) is 23.5 Å². The molecular weight excluding hydrogens is 394 g/mol. The highest BCUT2D eigenvalue weighted by Gasteiger charge is 2.09. The van der Waals surface area contributed by atoms with Crippen LogP contribution in [0.25, 0.3) is 0 Å². The minimum atomic E-state index is -0.438. The van der Waals surface area contributed by atoms with Crippen molar-refractivity contribution in [1.82, 2.24) is 10.2 Å². The molecule has 0 aliphatic heterocycles. The minimum Gasteiger partial charge on any atom is -0.494 e. The van der Waals surface area contributed by atoms with Crippen LogP contribution in [0.15, 0.2) is 52.1 Å². The molecule has 0 aliphatic rings. The summed E-state index contributed by atoms with van der Waals surface area (Å²) in [5, 5.41) is 19.1. The highest BCUT2D eigenvalue weighted by molar-refractivity contribution is 7.99. The van der Waals surface area contributed by atoms with Crippen LogP contribution in [0, 0.1) is 24.0 Å². The Labute approximate surface area is 172 Å². The maximum absolute atomic E-state index is 10.6. The number of nitrogens with zero attached hydrogens (tertiary/aromatic N) is 3. The fourth-order valence-electron chi connectivity index (χ4n) is 2.43. The van der Waals surface area contributed by atoms with Crippen LogP contribution in [-0.4, -0.2) is 27.5 Å². The maximum atomic E-state index is 10.6. The summed E-state index contributed by atoms with van der Waals surface area (Å²) in [5.41, 5.74) is 2.22. The number of aryl methyl sites for hydroxylation is 2. The lowest BCUT2D eigenvalue weighted by Crippen LogP contribution is -1.99. The molecule has 1 aromatic heterocycles. The smallest absolute Gasteiger partial charge is 0.276 e. The van der Waals surface area contributed by atoms with E-state index >= 15 is 0 Å². The van der Waals surface area contributed by atoms with Gasteiger partial charge in [0.25, 0.3) is 16.8 Å². The van der Waals surface area contributed by atoms with Crippen molar-refractivity contribution in [3.8, 4) is 11.5 Å². The molecule has 0 atom stereocenters. The molecule has 1 heterocycles. The predicted octanol–water partition coefficient (Wildman–Crippen LogP) is 4.73. The second-order valence-electron chi connectivity index (χ2n) is 6.32. The van der Waals surface area contributed by atoms with Crippen molar-refractivity contribution in [2.75, 3.05) is 12.4 Å². The number of non-ortho nitro benzene ring substituents is 1. The van der Waals surface area contributed by atoms with E-state index < -0.39 is 4.92 Å². The Morgan fingerprint density at radius 3 is 2.66 bits per heavy atom. The maximum Gasteiger partial charge on any atom is 0.276 e. The number of ether oxygens (including phenoxy) is 2. The lowest BCUT2D eigenvalue weighted by atomic mass is 10.1. The summed E-state index contributed by atoms with van der Waals surface area (Å²) in [4.78, 5) is 10.2. The highest BCUT2D eigenvalue weighted by atomic mass is 32.2. The van der Waals surface area contributed by atoms with Gasteiger partial charge in [-0.1, -0.05) is 23.9 Å². The quantitative estimate of drug-likeness (QED) is 0.203. The first kappa shape index (κ1) is 20.7. The molecule has 9 heteroatoms. The summed E-state index contributed by atoms with van der Waals surface area (Å²) in [6.45, 7) is 4.71. The normalized spacial score (nSPS) is 10.7. The second-order valence-corrected chi connectivity index (χ2v) is 7.37. The third kappa shape index (κ3) is 6.21. The van der Waals surface area contributed by atoms with E-state index in [2.05, 4.69) is 10.2 Å². The molecule has 29 heavy (non-hydrogen) atoms. The lowest BCUT2D eigenvalue weighted by Gasteiger charge is -2.07. The van der Waals surface area contributed by atoms with Crippen molar-refractivity contribution < 1.29 is 18.8 Å². The van der Waals surface area contributed by atoms with Crippen LogP contribution < -0.4 is 9.47 Å². The summed E-state index contributed by atoms with van der Waals surface area (Å²) in [7, 11) is 0. The van der Waals surface area contributed by atoms with E-state index in [4.69, 9.17) is 13.9 Å². The number of benzene rings is 2. The first-order chi connectivity index (χ1) is 14.0. The van der Waals surface area contributed by atoms with Gasteiger partial charge in [-0.05, 0) is 49.6 Å². The van der Waals surface area contributed by atoms with E-state index in [9.17, 15) is 10.1 Å². The minimum absolute atomic E-state index is 0.0432. The van der Waals surface area contributed by atoms with E-state index in [0.717, 1.165) is 29.1 Å². The average Bonchev–Trinajstić information content (AvgIpc) is 3.16. The van der Waals surface area contributed by atoms with Crippen LogP contribution in [0.3, 0.4) is 0 Å². The van der Waals surface area contributed by atoms with Crippen molar-refractivity contribution in [1.29, 1.82) is 0 Å². The molecule has 0 N–H and O–H groups in total. The van der Waals surface area contributed by atoms with E-state index in [1.165, 1.54) is 23.9 Å². The van der Waals surface area contributed by atoms with Gasteiger partial charge in [0.1, 0.15) is 11.5 Å². The van der Waals surface area contributed by atoms with Gasteiger partial charge in [-0.25, -0.2) is 0 Å². The number of hydrogen-bond donors (Lipinski definition) is 0. The number of nitro benzene ring substituents is 1.